The standard InChI is InChI=1S/C13H20N2O3/c1-9(16)8-14-6-7-15-13(18)11-4-3-5-12(17)10(11)2/h3-5,9,14,16-17H,6-8H2,1-2H3,(H,15,18). The van der Waals surface area contributed by atoms with E-state index in [9.17, 15) is 9.90 Å². The molecule has 5 nitrogen and oxygen atoms in total. The predicted molar refractivity (Wildman–Crippen MR) is 69.7 cm³/mol. The van der Waals surface area contributed by atoms with Crippen LogP contribution in [0.3, 0.4) is 0 Å². The van der Waals surface area contributed by atoms with Crippen LogP contribution in [0.15, 0.2) is 18.2 Å². The Labute approximate surface area is 107 Å². The zero-order valence-corrected chi connectivity index (χ0v) is 10.7. The fourth-order valence-corrected chi connectivity index (χ4v) is 1.54. The van der Waals surface area contributed by atoms with Crippen molar-refractivity contribution in [1.29, 1.82) is 0 Å². The van der Waals surface area contributed by atoms with E-state index >= 15 is 0 Å². The highest BCUT2D eigenvalue weighted by Crippen LogP contribution is 2.19. The molecule has 0 bridgehead atoms. The lowest BCUT2D eigenvalue weighted by atomic mass is 10.1. The molecule has 5 heteroatoms. The Morgan fingerprint density at radius 2 is 2.11 bits per heavy atom. The number of phenolic OH excluding ortho intramolecular Hbond substituents is 1. The van der Waals surface area contributed by atoms with Gasteiger partial charge in [0, 0.05) is 30.8 Å². The molecular weight excluding hydrogens is 232 g/mol. The van der Waals surface area contributed by atoms with Crippen LogP contribution < -0.4 is 10.6 Å². The average Bonchev–Trinajstić information content (AvgIpc) is 2.31. The third-order valence-corrected chi connectivity index (χ3v) is 2.58. The Bertz CT molecular complexity index is 405. The highest BCUT2D eigenvalue weighted by Gasteiger charge is 2.10. The number of rotatable bonds is 6. The van der Waals surface area contributed by atoms with Gasteiger partial charge in [0.25, 0.3) is 5.91 Å². The Kier molecular flexibility index (Phi) is 5.61. The van der Waals surface area contributed by atoms with Crippen molar-refractivity contribution in [3.05, 3.63) is 29.3 Å². The highest BCUT2D eigenvalue weighted by molar-refractivity contribution is 5.96. The summed E-state index contributed by atoms with van der Waals surface area (Å²) in [5, 5.41) is 24.3. The van der Waals surface area contributed by atoms with Gasteiger partial charge in [-0.15, -0.1) is 0 Å². The van der Waals surface area contributed by atoms with Crippen LogP contribution in [0.4, 0.5) is 0 Å². The molecule has 0 aliphatic rings. The van der Waals surface area contributed by atoms with Crippen LogP contribution in [-0.2, 0) is 0 Å². The van der Waals surface area contributed by atoms with Crippen LogP contribution >= 0.6 is 0 Å². The number of aliphatic hydroxyl groups is 1. The van der Waals surface area contributed by atoms with E-state index in [-0.39, 0.29) is 11.7 Å². The van der Waals surface area contributed by atoms with Crippen molar-refractivity contribution in [2.45, 2.75) is 20.0 Å². The van der Waals surface area contributed by atoms with Gasteiger partial charge >= 0.3 is 0 Å². The van der Waals surface area contributed by atoms with Crippen molar-refractivity contribution in [2.24, 2.45) is 0 Å². The molecule has 100 valence electrons. The van der Waals surface area contributed by atoms with Gasteiger partial charge in [0.2, 0.25) is 0 Å². The van der Waals surface area contributed by atoms with E-state index in [0.29, 0.717) is 30.8 Å². The lowest BCUT2D eigenvalue weighted by Gasteiger charge is -2.10. The summed E-state index contributed by atoms with van der Waals surface area (Å²) >= 11 is 0. The van der Waals surface area contributed by atoms with Crippen molar-refractivity contribution in [3.63, 3.8) is 0 Å². The quantitative estimate of drug-likeness (QED) is 0.552. The van der Waals surface area contributed by atoms with E-state index in [1.165, 1.54) is 0 Å². The molecule has 1 rings (SSSR count). The first kappa shape index (κ1) is 14.5. The summed E-state index contributed by atoms with van der Waals surface area (Å²) in [7, 11) is 0. The minimum atomic E-state index is -0.394. The largest absolute Gasteiger partial charge is 0.508 e. The predicted octanol–water partition coefficient (Wildman–Crippen LogP) is 0.401. The maximum atomic E-state index is 11.8. The van der Waals surface area contributed by atoms with E-state index < -0.39 is 6.10 Å². The molecule has 0 spiro atoms. The molecule has 0 fully saturated rings. The van der Waals surface area contributed by atoms with Crippen LogP contribution in [-0.4, -0.2) is 41.9 Å². The summed E-state index contributed by atoms with van der Waals surface area (Å²) in [5.41, 5.74) is 1.05. The molecule has 0 aliphatic carbocycles. The van der Waals surface area contributed by atoms with E-state index in [0.717, 1.165) is 0 Å². The van der Waals surface area contributed by atoms with Crippen molar-refractivity contribution >= 4 is 5.91 Å². The molecule has 0 saturated carbocycles. The molecular formula is C13H20N2O3. The van der Waals surface area contributed by atoms with Gasteiger partial charge in [-0.2, -0.15) is 0 Å². The molecule has 1 aromatic carbocycles. The van der Waals surface area contributed by atoms with E-state index in [4.69, 9.17) is 5.11 Å². The molecule has 1 amide bonds. The minimum Gasteiger partial charge on any atom is -0.508 e. The maximum absolute atomic E-state index is 11.8. The molecule has 0 saturated heterocycles. The summed E-state index contributed by atoms with van der Waals surface area (Å²) in [4.78, 5) is 11.8. The molecule has 0 radical (unpaired) electrons. The van der Waals surface area contributed by atoms with Crippen LogP contribution in [0.5, 0.6) is 5.75 Å². The first-order chi connectivity index (χ1) is 8.52. The van der Waals surface area contributed by atoms with Crippen molar-refractivity contribution in [1.82, 2.24) is 10.6 Å². The number of benzene rings is 1. The van der Waals surface area contributed by atoms with Crippen LogP contribution in [0.2, 0.25) is 0 Å². The molecule has 0 heterocycles. The number of aromatic hydroxyl groups is 1. The van der Waals surface area contributed by atoms with Crippen LogP contribution in [0, 0.1) is 6.92 Å². The molecule has 18 heavy (non-hydrogen) atoms. The van der Waals surface area contributed by atoms with Crippen molar-refractivity contribution in [2.75, 3.05) is 19.6 Å². The zero-order valence-electron chi connectivity index (χ0n) is 10.7. The van der Waals surface area contributed by atoms with Gasteiger partial charge in [-0.1, -0.05) is 6.07 Å². The second kappa shape index (κ2) is 6.98. The molecule has 0 aromatic heterocycles. The summed E-state index contributed by atoms with van der Waals surface area (Å²) in [6, 6.07) is 4.87. The fourth-order valence-electron chi connectivity index (χ4n) is 1.54. The van der Waals surface area contributed by atoms with Gasteiger partial charge in [-0.3, -0.25) is 4.79 Å². The average molecular weight is 252 g/mol. The Hall–Kier alpha value is -1.59. The van der Waals surface area contributed by atoms with E-state index in [1.54, 1.807) is 32.0 Å². The van der Waals surface area contributed by atoms with Crippen LogP contribution in [0.25, 0.3) is 0 Å². The van der Waals surface area contributed by atoms with E-state index in [1.807, 2.05) is 0 Å². The van der Waals surface area contributed by atoms with Crippen molar-refractivity contribution < 1.29 is 15.0 Å². The number of hydrogen-bond donors (Lipinski definition) is 4. The second-order valence-corrected chi connectivity index (χ2v) is 4.26. The van der Waals surface area contributed by atoms with Crippen molar-refractivity contribution in [3.8, 4) is 5.75 Å². The van der Waals surface area contributed by atoms with Gasteiger partial charge in [0.1, 0.15) is 5.75 Å². The molecule has 0 aliphatic heterocycles. The number of carbonyl (C=O) groups is 1. The molecule has 1 unspecified atom stereocenters. The van der Waals surface area contributed by atoms with Gasteiger partial charge in [-0.05, 0) is 26.0 Å². The van der Waals surface area contributed by atoms with Gasteiger partial charge in [-0.25, -0.2) is 0 Å². The van der Waals surface area contributed by atoms with Gasteiger partial charge < -0.3 is 20.8 Å². The Morgan fingerprint density at radius 3 is 2.78 bits per heavy atom. The third-order valence-electron chi connectivity index (χ3n) is 2.58. The molecule has 1 atom stereocenters. The summed E-state index contributed by atoms with van der Waals surface area (Å²) in [6.07, 6.45) is -0.394. The Morgan fingerprint density at radius 1 is 1.39 bits per heavy atom. The smallest absolute Gasteiger partial charge is 0.251 e. The maximum Gasteiger partial charge on any atom is 0.251 e. The normalized spacial score (nSPS) is 12.2. The summed E-state index contributed by atoms with van der Waals surface area (Å²) in [5.74, 6) is -0.0860. The molecule has 1 aromatic rings. The monoisotopic (exact) mass is 252 g/mol. The number of carbonyl (C=O) groups excluding carboxylic acids is 1. The number of phenols is 1. The second-order valence-electron chi connectivity index (χ2n) is 4.26. The van der Waals surface area contributed by atoms with Gasteiger partial charge in [0.05, 0.1) is 6.10 Å². The number of aliphatic hydroxyl groups excluding tert-OH is 1. The molecule has 4 N–H and O–H groups in total. The summed E-state index contributed by atoms with van der Waals surface area (Å²) in [6.45, 7) is 4.97. The Balaban J connectivity index is 2.39. The fraction of sp³-hybridized carbons (Fsp3) is 0.462. The third kappa shape index (κ3) is 4.35. The topological polar surface area (TPSA) is 81.6 Å². The first-order valence-electron chi connectivity index (χ1n) is 5.98. The lowest BCUT2D eigenvalue weighted by molar-refractivity contribution is 0.0952. The van der Waals surface area contributed by atoms with Gasteiger partial charge in [0.15, 0.2) is 0 Å². The zero-order chi connectivity index (χ0) is 13.5. The summed E-state index contributed by atoms with van der Waals surface area (Å²) < 4.78 is 0. The first-order valence-corrected chi connectivity index (χ1v) is 5.98. The van der Waals surface area contributed by atoms with Crippen LogP contribution in [0.1, 0.15) is 22.8 Å². The van der Waals surface area contributed by atoms with E-state index in [2.05, 4.69) is 10.6 Å². The lowest BCUT2D eigenvalue weighted by Crippen LogP contribution is -2.34. The number of hydrogen-bond acceptors (Lipinski definition) is 4. The number of amides is 1. The minimum absolute atomic E-state index is 0.120. The highest BCUT2D eigenvalue weighted by atomic mass is 16.3. The number of nitrogens with one attached hydrogen (secondary N) is 2. The SMILES string of the molecule is Cc1c(O)cccc1C(=O)NCCNCC(C)O.